The molecule has 2 fully saturated rings. The number of amides is 3. The zero-order chi connectivity index (χ0) is 27.4. The SMILES string of the molecule is Cc1c(O)cccc1C(=O)N[C@@H](Cc1ccccc1)[C@H](O)C(=O)N1CSC(C)(C)C1C(=O)N1CCSCC1. The van der Waals surface area contributed by atoms with Crippen LogP contribution in [-0.4, -0.2) is 91.1 Å². The summed E-state index contributed by atoms with van der Waals surface area (Å²) < 4.78 is -0.520. The van der Waals surface area contributed by atoms with Crippen LogP contribution in [0.25, 0.3) is 0 Å². The van der Waals surface area contributed by atoms with Crippen LogP contribution < -0.4 is 5.32 Å². The van der Waals surface area contributed by atoms with Gasteiger partial charge in [-0.15, -0.1) is 11.8 Å². The lowest BCUT2D eigenvalue weighted by Gasteiger charge is -2.37. The molecule has 1 unspecified atom stereocenters. The van der Waals surface area contributed by atoms with E-state index in [2.05, 4.69) is 5.32 Å². The number of phenolic OH excluding ortho intramolecular Hbond substituents is 1. The van der Waals surface area contributed by atoms with Gasteiger partial charge in [-0.05, 0) is 44.9 Å². The van der Waals surface area contributed by atoms with E-state index in [0.717, 1.165) is 17.1 Å². The van der Waals surface area contributed by atoms with Crippen LogP contribution in [0.3, 0.4) is 0 Å². The van der Waals surface area contributed by atoms with Crippen LogP contribution in [-0.2, 0) is 16.0 Å². The van der Waals surface area contributed by atoms with E-state index in [1.54, 1.807) is 30.8 Å². The summed E-state index contributed by atoms with van der Waals surface area (Å²) in [6, 6.07) is 12.3. The van der Waals surface area contributed by atoms with Crippen molar-refractivity contribution in [2.45, 2.75) is 50.1 Å². The van der Waals surface area contributed by atoms with E-state index < -0.39 is 34.7 Å². The number of hydrogen-bond acceptors (Lipinski definition) is 7. The van der Waals surface area contributed by atoms with Crippen molar-refractivity contribution in [2.75, 3.05) is 30.5 Å². The Morgan fingerprint density at radius 2 is 1.76 bits per heavy atom. The molecule has 38 heavy (non-hydrogen) atoms. The number of hydrogen-bond donors (Lipinski definition) is 3. The van der Waals surface area contributed by atoms with Crippen molar-refractivity contribution in [1.82, 2.24) is 15.1 Å². The minimum Gasteiger partial charge on any atom is -0.508 e. The first kappa shape index (κ1) is 28.3. The minimum atomic E-state index is -1.57. The number of benzene rings is 2. The van der Waals surface area contributed by atoms with E-state index >= 15 is 0 Å². The third kappa shape index (κ3) is 6.13. The number of thioether (sulfide) groups is 2. The van der Waals surface area contributed by atoms with Gasteiger partial charge >= 0.3 is 0 Å². The van der Waals surface area contributed by atoms with Gasteiger partial charge in [0.1, 0.15) is 11.8 Å². The van der Waals surface area contributed by atoms with Crippen LogP contribution in [0.1, 0.15) is 35.3 Å². The molecule has 0 aromatic heterocycles. The van der Waals surface area contributed by atoms with E-state index in [-0.39, 0.29) is 29.5 Å². The van der Waals surface area contributed by atoms with Crippen LogP contribution in [0, 0.1) is 6.92 Å². The smallest absolute Gasteiger partial charge is 0.254 e. The number of aliphatic hydroxyl groups excluding tert-OH is 1. The van der Waals surface area contributed by atoms with Crippen LogP contribution in [0.5, 0.6) is 5.75 Å². The van der Waals surface area contributed by atoms with Crippen LogP contribution in [0.2, 0.25) is 0 Å². The van der Waals surface area contributed by atoms with Gasteiger partial charge in [-0.25, -0.2) is 0 Å². The van der Waals surface area contributed by atoms with Gasteiger partial charge in [0.05, 0.1) is 11.9 Å². The van der Waals surface area contributed by atoms with Gasteiger partial charge in [0.15, 0.2) is 6.10 Å². The van der Waals surface area contributed by atoms with Gasteiger partial charge in [0.2, 0.25) is 5.91 Å². The van der Waals surface area contributed by atoms with E-state index in [1.165, 1.54) is 22.7 Å². The molecule has 2 aliphatic heterocycles. The van der Waals surface area contributed by atoms with Gasteiger partial charge in [0, 0.05) is 40.5 Å². The molecule has 4 rings (SSSR count). The van der Waals surface area contributed by atoms with Crippen molar-refractivity contribution < 1.29 is 24.6 Å². The molecule has 3 N–H and O–H groups in total. The Bertz CT molecular complexity index is 1170. The van der Waals surface area contributed by atoms with E-state index in [9.17, 15) is 24.6 Å². The van der Waals surface area contributed by atoms with Crippen molar-refractivity contribution in [3.05, 3.63) is 65.2 Å². The average Bonchev–Trinajstić information content (AvgIpc) is 3.24. The summed E-state index contributed by atoms with van der Waals surface area (Å²) in [5.74, 6) is 0.814. The van der Waals surface area contributed by atoms with Gasteiger partial charge in [-0.1, -0.05) is 36.4 Å². The van der Waals surface area contributed by atoms with Crippen molar-refractivity contribution >= 4 is 41.2 Å². The molecular formula is C28H35N3O5S2. The first-order valence-corrected chi connectivity index (χ1v) is 14.9. The predicted octanol–water partition coefficient (Wildman–Crippen LogP) is 2.66. The van der Waals surface area contributed by atoms with Crippen molar-refractivity contribution in [2.24, 2.45) is 0 Å². The summed E-state index contributed by atoms with van der Waals surface area (Å²) in [6.45, 7) is 6.82. The standard InChI is InChI=1S/C28H35N3O5S2/c1-18-20(10-7-11-22(18)32)25(34)29-21(16-19-8-5-4-6-9-19)23(33)26(35)31-17-38-28(2,3)24(31)27(36)30-12-14-37-15-13-30/h4-11,21,23-24,32-33H,12-17H2,1-3H3,(H,29,34)/t21-,23-,24?/m0/s1. The zero-order valence-electron chi connectivity index (χ0n) is 21.9. The number of aromatic hydroxyl groups is 1. The summed E-state index contributed by atoms with van der Waals surface area (Å²) in [7, 11) is 0. The fraction of sp³-hybridized carbons (Fsp3) is 0.464. The number of aliphatic hydroxyl groups is 1. The predicted molar refractivity (Wildman–Crippen MR) is 151 cm³/mol. The molecule has 0 spiro atoms. The Morgan fingerprint density at radius 1 is 1.08 bits per heavy atom. The summed E-state index contributed by atoms with van der Waals surface area (Å²) >= 11 is 3.32. The Kier molecular flexibility index (Phi) is 8.95. The largest absolute Gasteiger partial charge is 0.508 e. The lowest BCUT2D eigenvalue weighted by Crippen LogP contribution is -2.60. The van der Waals surface area contributed by atoms with Gasteiger partial charge < -0.3 is 25.3 Å². The molecule has 0 aliphatic carbocycles. The van der Waals surface area contributed by atoms with Gasteiger partial charge in [-0.3, -0.25) is 14.4 Å². The normalized spacial score (nSPS) is 20.6. The molecule has 8 nitrogen and oxygen atoms in total. The second-order valence-corrected chi connectivity index (χ2v) is 13.0. The second-order valence-electron chi connectivity index (χ2n) is 10.2. The van der Waals surface area contributed by atoms with Crippen molar-refractivity contribution in [3.63, 3.8) is 0 Å². The lowest BCUT2D eigenvalue weighted by atomic mass is 9.96. The van der Waals surface area contributed by atoms with Crippen molar-refractivity contribution in [3.8, 4) is 5.75 Å². The minimum absolute atomic E-state index is 0.0114. The summed E-state index contributed by atoms with van der Waals surface area (Å²) in [4.78, 5) is 43.9. The molecule has 3 amide bonds. The molecule has 0 saturated carbocycles. The Morgan fingerprint density at radius 3 is 2.45 bits per heavy atom. The topological polar surface area (TPSA) is 110 Å². The molecule has 2 aliphatic rings. The quantitative estimate of drug-likeness (QED) is 0.480. The summed E-state index contributed by atoms with van der Waals surface area (Å²) in [5.41, 5.74) is 1.51. The fourth-order valence-corrected chi connectivity index (χ4v) is 6.95. The third-order valence-electron chi connectivity index (χ3n) is 7.18. The maximum atomic E-state index is 13.8. The number of carbonyl (C=O) groups excluding carboxylic acids is 3. The third-order valence-corrected chi connectivity index (χ3v) is 9.50. The number of carbonyl (C=O) groups is 3. The number of nitrogens with zero attached hydrogens (tertiary/aromatic N) is 2. The van der Waals surface area contributed by atoms with Crippen molar-refractivity contribution in [1.29, 1.82) is 0 Å². The lowest BCUT2D eigenvalue weighted by molar-refractivity contribution is -0.150. The molecule has 2 heterocycles. The Balaban J connectivity index is 1.59. The van der Waals surface area contributed by atoms with Crippen LogP contribution >= 0.6 is 23.5 Å². The Hall–Kier alpha value is -2.69. The monoisotopic (exact) mass is 557 g/mol. The highest BCUT2D eigenvalue weighted by molar-refractivity contribution is 8.01. The summed E-state index contributed by atoms with van der Waals surface area (Å²) in [5, 5.41) is 24.3. The first-order valence-electron chi connectivity index (χ1n) is 12.7. The fourth-order valence-electron chi connectivity index (χ4n) is 4.91. The molecule has 2 saturated heterocycles. The number of rotatable bonds is 7. The van der Waals surface area contributed by atoms with E-state index in [4.69, 9.17) is 0 Å². The van der Waals surface area contributed by atoms with E-state index in [1.807, 2.05) is 49.1 Å². The molecule has 2 aromatic rings. The van der Waals surface area contributed by atoms with Gasteiger partial charge in [0.25, 0.3) is 11.8 Å². The molecule has 3 atom stereocenters. The van der Waals surface area contributed by atoms with Crippen LogP contribution in [0.4, 0.5) is 0 Å². The maximum Gasteiger partial charge on any atom is 0.254 e. The highest BCUT2D eigenvalue weighted by Crippen LogP contribution is 2.40. The second kappa shape index (κ2) is 12.0. The average molecular weight is 558 g/mol. The number of nitrogens with one attached hydrogen (secondary N) is 1. The zero-order valence-corrected chi connectivity index (χ0v) is 23.6. The highest BCUT2D eigenvalue weighted by Gasteiger charge is 2.51. The van der Waals surface area contributed by atoms with Crippen LogP contribution in [0.15, 0.2) is 48.5 Å². The Labute approximate surface area is 232 Å². The maximum absolute atomic E-state index is 13.8. The van der Waals surface area contributed by atoms with E-state index in [0.29, 0.717) is 18.7 Å². The number of phenols is 1. The molecule has 0 radical (unpaired) electrons. The molecule has 0 bridgehead atoms. The molecule has 204 valence electrons. The molecular weight excluding hydrogens is 522 g/mol. The molecule has 10 heteroatoms. The molecule has 2 aromatic carbocycles. The van der Waals surface area contributed by atoms with Gasteiger partial charge in [-0.2, -0.15) is 11.8 Å². The summed E-state index contributed by atoms with van der Waals surface area (Å²) in [6.07, 6.45) is -1.36. The highest BCUT2D eigenvalue weighted by atomic mass is 32.2. The first-order chi connectivity index (χ1) is 18.1.